The van der Waals surface area contributed by atoms with Gasteiger partial charge in [0.05, 0.1) is 17.8 Å². The van der Waals surface area contributed by atoms with Crippen molar-refractivity contribution in [3.63, 3.8) is 0 Å². The van der Waals surface area contributed by atoms with Crippen LogP contribution in [0.25, 0.3) is 6.08 Å². The number of nitrogens with zero attached hydrogens (tertiary/aromatic N) is 2. The fraction of sp³-hybridized carbons (Fsp3) is 0.182. The molecule has 9 heteroatoms. The molecule has 0 aliphatic carbocycles. The van der Waals surface area contributed by atoms with Gasteiger partial charge in [0, 0.05) is 28.4 Å². The van der Waals surface area contributed by atoms with Crippen molar-refractivity contribution in [3.05, 3.63) is 69.7 Å². The van der Waals surface area contributed by atoms with Gasteiger partial charge in [-0.2, -0.15) is 0 Å². The third-order valence-corrected chi connectivity index (χ3v) is 6.49. The van der Waals surface area contributed by atoms with Crippen molar-refractivity contribution in [1.29, 1.82) is 0 Å². The first-order chi connectivity index (χ1) is 15.1. The second-order valence-electron chi connectivity index (χ2n) is 6.55. The van der Waals surface area contributed by atoms with Gasteiger partial charge in [-0.05, 0) is 54.6 Å². The molecule has 0 unspecified atom stereocenters. The summed E-state index contributed by atoms with van der Waals surface area (Å²) in [6, 6.07) is 14.6. The average molecular weight is 474 g/mol. The molecule has 2 heterocycles. The lowest BCUT2D eigenvalue weighted by atomic mass is 10.3. The van der Waals surface area contributed by atoms with E-state index in [0.717, 1.165) is 33.0 Å². The molecule has 0 bridgehead atoms. The van der Waals surface area contributed by atoms with Crippen molar-refractivity contribution in [3.8, 4) is 11.5 Å². The Labute approximate surface area is 193 Å². The number of ether oxygens (including phenoxy) is 2. The average Bonchev–Trinajstić information content (AvgIpc) is 3.43. The summed E-state index contributed by atoms with van der Waals surface area (Å²) in [5.74, 6) is 2.18. The van der Waals surface area contributed by atoms with Gasteiger partial charge in [0.25, 0.3) is 5.91 Å². The summed E-state index contributed by atoms with van der Waals surface area (Å²) in [5.41, 5.74) is 1.74. The SMILES string of the molecule is COc1ccc(Nc2nc(/C=C3/SCCN3C(=O)COc3ccc(Cl)cc3)cs2)cc1. The molecule has 0 saturated carbocycles. The van der Waals surface area contributed by atoms with Crippen LogP contribution in [0, 0.1) is 0 Å². The molecule has 1 aromatic heterocycles. The van der Waals surface area contributed by atoms with Crippen LogP contribution in [0.5, 0.6) is 11.5 Å². The predicted molar refractivity (Wildman–Crippen MR) is 127 cm³/mol. The third kappa shape index (κ3) is 5.72. The largest absolute Gasteiger partial charge is 0.497 e. The molecular formula is C22H20ClN3O3S2. The summed E-state index contributed by atoms with van der Waals surface area (Å²) in [6.07, 6.45) is 1.94. The van der Waals surface area contributed by atoms with Crippen molar-refractivity contribution >= 4 is 57.5 Å². The Bertz CT molecular complexity index is 1070. The van der Waals surface area contributed by atoms with Gasteiger partial charge in [-0.15, -0.1) is 23.1 Å². The quantitative estimate of drug-likeness (QED) is 0.488. The van der Waals surface area contributed by atoms with Gasteiger partial charge in [0.15, 0.2) is 11.7 Å². The molecule has 4 rings (SSSR count). The molecule has 1 aliphatic heterocycles. The number of halogens is 1. The number of carbonyl (C=O) groups is 1. The van der Waals surface area contributed by atoms with E-state index in [0.29, 0.717) is 17.3 Å². The fourth-order valence-electron chi connectivity index (χ4n) is 2.88. The number of hydrogen-bond acceptors (Lipinski definition) is 7. The zero-order valence-corrected chi connectivity index (χ0v) is 19.1. The van der Waals surface area contributed by atoms with E-state index in [4.69, 9.17) is 21.1 Å². The van der Waals surface area contributed by atoms with Gasteiger partial charge in [-0.1, -0.05) is 11.6 Å². The lowest BCUT2D eigenvalue weighted by Gasteiger charge is -2.17. The molecule has 1 aliphatic rings. The molecule has 0 atom stereocenters. The summed E-state index contributed by atoms with van der Waals surface area (Å²) in [7, 11) is 1.64. The number of hydrogen-bond donors (Lipinski definition) is 1. The number of carbonyl (C=O) groups excluding carboxylic acids is 1. The van der Waals surface area contributed by atoms with Crippen molar-refractivity contribution in [2.24, 2.45) is 0 Å². The molecule has 160 valence electrons. The Balaban J connectivity index is 1.38. The maximum absolute atomic E-state index is 12.7. The number of anilines is 2. The van der Waals surface area contributed by atoms with E-state index < -0.39 is 0 Å². The molecule has 2 aromatic carbocycles. The van der Waals surface area contributed by atoms with Crippen LogP contribution in [0.2, 0.25) is 5.02 Å². The monoisotopic (exact) mass is 473 g/mol. The number of thioether (sulfide) groups is 1. The Hall–Kier alpha value is -2.68. The van der Waals surface area contributed by atoms with Gasteiger partial charge < -0.3 is 19.7 Å². The number of methoxy groups -OCH3 is 1. The summed E-state index contributed by atoms with van der Waals surface area (Å²) in [6.45, 7) is 0.626. The first kappa shape index (κ1) is 21.5. The van der Waals surface area contributed by atoms with Crippen molar-refractivity contribution < 1.29 is 14.3 Å². The maximum atomic E-state index is 12.7. The molecule has 6 nitrogen and oxygen atoms in total. The highest BCUT2D eigenvalue weighted by Gasteiger charge is 2.24. The number of rotatable bonds is 7. The van der Waals surface area contributed by atoms with Crippen LogP contribution in [0.3, 0.4) is 0 Å². The van der Waals surface area contributed by atoms with Crippen LogP contribution in [0.1, 0.15) is 5.69 Å². The van der Waals surface area contributed by atoms with Gasteiger partial charge in [-0.3, -0.25) is 4.79 Å². The minimum Gasteiger partial charge on any atom is -0.497 e. The van der Waals surface area contributed by atoms with Crippen LogP contribution in [-0.2, 0) is 4.79 Å². The number of nitrogens with one attached hydrogen (secondary N) is 1. The van der Waals surface area contributed by atoms with E-state index >= 15 is 0 Å². The number of aromatic nitrogens is 1. The summed E-state index contributed by atoms with van der Waals surface area (Å²) in [4.78, 5) is 19.0. The molecule has 1 amide bonds. The zero-order chi connectivity index (χ0) is 21.6. The Morgan fingerprint density at radius 3 is 2.68 bits per heavy atom. The predicted octanol–water partition coefficient (Wildman–Crippen LogP) is 5.50. The highest BCUT2D eigenvalue weighted by Crippen LogP contribution is 2.31. The molecule has 0 radical (unpaired) electrons. The summed E-state index contributed by atoms with van der Waals surface area (Å²) >= 11 is 9.03. The number of benzene rings is 2. The Morgan fingerprint density at radius 2 is 1.94 bits per heavy atom. The minimum atomic E-state index is -0.0852. The van der Waals surface area contributed by atoms with E-state index in [-0.39, 0.29) is 12.5 Å². The first-order valence-corrected chi connectivity index (χ1v) is 11.7. The van der Waals surface area contributed by atoms with E-state index in [9.17, 15) is 4.79 Å². The topological polar surface area (TPSA) is 63.7 Å². The van der Waals surface area contributed by atoms with Crippen LogP contribution in [-0.4, -0.2) is 41.8 Å². The maximum Gasteiger partial charge on any atom is 0.265 e. The second-order valence-corrected chi connectivity index (χ2v) is 8.96. The normalized spacial score (nSPS) is 14.6. The molecular weight excluding hydrogens is 454 g/mol. The molecule has 31 heavy (non-hydrogen) atoms. The fourth-order valence-corrected chi connectivity index (χ4v) is 4.73. The van der Waals surface area contributed by atoms with Gasteiger partial charge in [0.1, 0.15) is 11.5 Å². The van der Waals surface area contributed by atoms with Crippen LogP contribution < -0.4 is 14.8 Å². The summed E-state index contributed by atoms with van der Waals surface area (Å²) in [5, 5.41) is 7.54. The van der Waals surface area contributed by atoms with E-state index in [2.05, 4.69) is 10.3 Å². The number of thiazole rings is 1. The highest BCUT2D eigenvalue weighted by molar-refractivity contribution is 8.03. The standard InChI is InChI=1S/C22H20ClN3O3S2/c1-28-18-8-4-16(5-9-18)24-22-25-17(14-31-22)12-21-26(10-11-30-21)20(27)13-29-19-6-2-15(23)3-7-19/h2-9,12,14H,10-11,13H2,1H3,(H,24,25)/b21-12+. The Kier molecular flexibility index (Phi) is 7.01. The molecule has 1 saturated heterocycles. The highest BCUT2D eigenvalue weighted by atomic mass is 35.5. The molecule has 1 fully saturated rings. The molecule has 3 aromatic rings. The van der Waals surface area contributed by atoms with Crippen LogP contribution >= 0.6 is 34.7 Å². The van der Waals surface area contributed by atoms with E-state index in [1.54, 1.807) is 48.0 Å². The molecule has 0 spiro atoms. The lowest BCUT2D eigenvalue weighted by Crippen LogP contribution is -2.31. The number of amides is 1. The van der Waals surface area contributed by atoms with Gasteiger partial charge in [-0.25, -0.2) is 4.98 Å². The molecule has 1 N–H and O–H groups in total. The van der Waals surface area contributed by atoms with Gasteiger partial charge >= 0.3 is 0 Å². The zero-order valence-electron chi connectivity index (χ0n) is 16.7. The smallest absolute Gasteiger partial charge is 0.265 e. The van der Waals surface area contributed by atoms with E-state index in [1.165, 1.54) is 11.3 Å². The first-order valence-electron chi connectivity index (χ1n) is 9.50. The van der Waals surface area contributed by atoms with E-state index in [1.807, 2.05) is 35.7 Å². The second kappa shape index (κ2) is 10.1. The van der Waals surface area contributed by atoms with Crippen LogP contribution in [0.4, 0.5) is 10.8 Å². The van der Waals surface area contributed by atoms with Gasteiger partial charge in [0.2, 0.25) is 0 Å². The van der Waals surface area contributed by atoms with Crippen molar-refractivity contribution in [2.45, 2.75) is 0 Å². The Morgan fingerprint density at radius 1 is 1.19 bits per heavy atom. The van der Waals surface area contributed by atoms with Crippen molar-refractivity contribution in [2.75, 3.05) is 31.3 Å². The van der Waals surface area contributed by atoms with Crippen molar-refractivity contribution in [1.82, 2.24) is 9.88 Å². The minimum absolute atomic E-state index is 0.0269. The van der Waals surface area contributed by atoms with Crippen LogP contribution in [0.15, 0.2) is 58.9 Å². The summed E-state index contributed by atoms with van der Waals surface area (Å²) < 4.78 is 10.8. The lowest BCUT2D eigenvalue weighted by molar-refractivity contribution is -0.130. The third-order valence-electron chi connectivity index (χ3n) is 4.44.